The summed E-state index contributed by atoms with van der Waals surface area (Å²) in [7, 11) is 0. The molecule has 148 valence electrons. The van der Waals surface area contributed by atoms with Crippen molar-refractivity contribution in [3.05, 3.63) is 53.3 Å². The molecule has 1 aliphatic rings. The number of aliphatic imine (C=N–C) groups is 1. The molecular weight excluding hydrogens is 353 g/mol. The minimum atomic E-state index is -0.263. The highest BCUT2D eigenvalue weighted by atomic mass is 19.1. The smallest absolute Gasteiger partial charge is 0.221 e. The van der Waals surface area contributed by atoms with Gasteiger partial charge in [0.15, 0.2) is 0 Å². The first-order valence-corrected chi connectivity index (χ1v) is 9.74. The molecule has 4 nitrogen and oxygen atoms in total. The van der Waals surface area contributed by atoms with Gasteiger partial charge in [-0.25, -0.2) is 4.39 Å². The van der Waals surface area contributed by atoms with Crippen LogP contribution in [0.5, 0.6) is 0 Å². The predicted molar refractivity (Wildman–Crippen MR) is 115 cm³/mol. The zero-order valence-electron chi connectivity index (χ0n) is 17.2. The number of nitrogens with zero attached hydrogens (tertiary/aromatic N) is 2. The van der Waals surface area contributed by atoms with Crippen molar-refractivity contribution in [2.45, 2.75) is 52.5 Å². The second-order valence-corrected chi connectivity index (χ2v) is 8.08. The van der Waals surface area contributed by atoms with Gasteiger partial charge in [0.1, 0.15) is 5.82 Å². The SMILES string of the molecule is CCN1c2cc(F)c(C=Nc3ccc(NC(C)=O)cc3)cc2C(C)CC1(C)C. The van der Waals surface area contributed by atoms with E-state index in [1.807, 2.05) is 6.07 Å². The maximum atomic E-state index is 14.8. The molecule has 3 rings (SSSR count). The molecule has 1 heterocycles. The second kappa shape index (κ2) is 7.74. The Balaban J connectivity index is 1.89. The van der Waals surface area contributed by atoms with E-state index >= 15 is 0 Å². The van der Waals surface area contributed by atoms with Crippen molar-refractivity contribution in [2.24, 2.45) is 4.99 Å². The van der Waals surface area contributed by atoms with Crippen LogP contribution in [-0.4, -0.2) is 24.2 Å². The van der Waals surface area contributed by atoms with Gasteiger partial charge in [-0.3, -0.25) is 9.79 Å². The van der Waals surface area contributed by atoms with Crippen LogP contribution >= 0.6 is 0 Å². The van der Waals surface area contributed by atoms with Crippen molar-refractivity contribution in [1.29, 1.82) is 0 Å². The van der Waals surface area contributed by atoms with Crippen LogP contribution in [0.25, 0.3) is 0 Å². The number of carbonyl (C=O) groups is 1. The topological polar surface area (TPSA) is 44.7 Å². The number of rotatable bonds is 4. The van der Waals surface area contributed by atoms with Gasteiger partial charge in [-0.1, -0.05) is 6.92 Å². The highest BCUT2D eigenvalue weighted by Gasteiger charge is 2.36. The normalized spacial score (nSPS) is 18.2. The molecule has 0 radical (unpaired) electrons. The third kappa shape index (κ3) is 4.08. The minimum absolute atomic E-state index is 0.0128. The summed E-state index contributed by atoms with van der Waals surface area (Å²) in [6, 6.07) is 10.7. The molecule has 2 aromatic carbocycles. The van der Waals surface area contributed by atoms with E-state index < -0.39 is 0 Å². The summed E-state index contributed by atoms with van der Waals surface area (Å²) >= 11 is 0. The molecule has 0 aliphatic carbocycles. The van der Waals surface area contributed by atoms with E-state index in [1.54, 1.807) is 36.5 Å². The fourth-order valence-electron chi connectivity index (χ4n) is 4.20. The zero-order valence-corrected chi connectivity index (χ0v) is 17.2. The Bertz CT molecular complexity index is 903. The van der Waals surface area contributed by atoms with E-state index in [0.29, 0.717) is 22.9 Å². The lowest BCUT2D eigenvalue weighted by molar-refractivity contribution is -0.114. The van der Waals surface area contributed by atoms with Crippen LogP contribution in [0.3, 0.4) is 0 Å². The number of nitrogens with one attached hydrogen (secondary N) is 1. The lowest BCUT2D eigenvalue weighted by Gasteiger charge is -2.47. The van der Waals surface area contributed by atoms with Gasteiger partial charge in [0.05, 0.1) is 5.69 Å². The van der Waals surface area contributed by atoms with Crippen LogP contribution in [0.1, 0.15) is 58.1 Å². The van der Waals surface area contributed by atoms with Crippen molar-refractivity contribution >= 4 is 29.2 Å². The maximum absolute atomic E-state index is 14.8. The summed E-state index contributed by atoms with van der Waals surface area (Å²) < 4.78 is 14.8. The molecule has 0 aromatic heterocycles. The standard InChI is InChI=1S/C23H28FN3O/c1-6-27-22-12-21(24)17(11-20(22)15(2)13-23(27,4)5)14-25-18-7-9-19(10-8-18)26-16(3)28/h7-12,14-15H,6,13H2,1-5H3,(H,26,28). The number of carbonyl (C=O) groups excluding carboxylic acids is 1. The first-order valence-electron chi connectivity index (χ1n) is 9.74. The molecule has 1 N–H and O–H groups in total. The number of benzene rings is 2. The Morgan fingerprint density at radius 1 is 1.32 bits per heavy atom. The van der Waals surface area contributed by atoms with Crippen molar-refractivity contribution in [3.8, 4) is 0 Å². The summed E-state index contributed by atoms with van der Waals surface area (Å²) in [5.41, 5.74) is 4.08. The molecule has 5 heteroatoms. The number of hydrogen-bond donors (Lipinski definition) is 1. The van der Waals surface area contributed by atoms with E-state index in [0.717, 1.165) is 18.7 Å². The van der Waals surface area contributed by atoms with E-state index in [2.05, 4.69) is 42.9 Å². The largest absolute Gasteiger partial charge is 0.366 e. The monoisotopic (exact) mass is 381 g/mol. The molecular formula is C23H28FN3O. The number of anilines is 2. The summed E-state index contributed by atoms with van der Waals surface area (Å²) in [6.45, 7) is 11.1. The summed E-state index contributed by atoms with van der Waals surface area (Å²) in [5.74, 6) is -0.0241. The van der Waals surface area contributed by atoms with Crippen molar-refractivity contribution in [1.82, 2.24) is 0 Å². The lowest BCUT2D eigenvalue weighted by atomic mass is 9.79. The highest BCUT2D eigenvalue weighted by Crippen LogP contribution is 2.43. The van der Waals surface area contributed by atoms with Gasteiger partial charge in [0, 0.05) is 42.2 Å². The van der Waals surface area contributed by atoms with Crippen molar-refractivity contribution in [3.63, 3.8) is 0 Å². The van der Waals surface area contributed by atoms with E-state index in [4.69, 9.17) is 0 Å². The number of halogens is 1. The lowest BCUT2D eigenvalue weighted by Crippen LogP contribution is -2.48. The quantitative estimate of drug-likeness (QED) is 0.696. The van der Waals surface area contributed by atoms with Gasteiger partial charge in [0.25, 0.3) is 0 Å². The predicted octanol–water partition coefficient (Wildman–Crippen LogP) is 5.65. The van der Waals surface area contributed by atoms with Crippen LogP contribution in [0, 0.1) is 5.82 Å². The second-order valence-electron chi connectivity index (χ2n) is 8.08. The highest BCUT2D eigenvalue weighted by molar-refractivity contribution is 5.89. The summed E-state index contributed by atoms with van der Waals surface area (Å²) in [4.78, 5) is 17.8. The Morgan fingerprint density at radius 3 is 2.61 bits per heavy atom. The van der Waals surface area contributed by atoms with Gasteiger partial charge in [0.2, 0.25) is 5.91 Å². The first kappa shape index (κ1) is 20.1. The van der Waals surface area contributed by atoms with Crippen molar-refractivity contribution < 1.29 is 9.18 Å². The first-order chi connectivity index (χ1) is 13.2. The molecule has 1 aliphatic heterocycles. The third-order valence-corrected chi connectivity index (χ3v) is 5.36. The van der Waals surface area contributed by atoms with Crippen LogP contribution in [0.15, 0.2) is 41.4 Å². The summed E-state index contributed by atoms with van der Waals surface area (Å²) in [6.07, 6.45) is 2.60. The number of fused-ring (bicyclic) bond motifs is 1. The molecule has 0 saturated carbocycles. The van der Waals surface area contributed by atoms with E-state index in [1.165, 1.54) is 12.5 Å². The molecule has 0 fully saturated rings. The van der Waals surface area contributed by atoms with Gasteiger partial charge in [-0.05, 0) is 75.1 Å². The Morgan fingerprint density at radius 2 is 2.00 bits per heavy atom. The molecule has 2 aromatic rings. The van der Waals surface area contributed by atoms with Crippen molar-refractivity contribution in [2.75, 3.05) is 16.8 Å². The summed E-state index contributed by atoms with van der Waals surface area (Å²) in [5, 5.41) is 2.71. The Labute approximate surface area is 166 Å². The number of hydrogen-bond acceptors (Lipinski definition) is 3. The fourth-order valence-corrected chi connectivity index (χ4v) is 4.20. The van der Waals surface area contributed by atoms with Gasteiger partial charge >= 0.3 is 0 Å². The zero-order chi connectivity index (χ0) is 20.5. The molecule has 0 saturated heterocycles. The van der Waals surface area contributed by atoms with Crippen LogP contribution in [-0.2, 0) is 4.79 Å². The molecule has 0 spiro atoms. The minimum Gasteiger partial charge on any atom is -0.366 e. The Kier molecular flexibility index (Phi) is 5.54. The van der Waals surface area contributed by atoms with Gasteiger partial charge in [-0.2, -0.15) is 0 Å². The maximum Gasteiger partial charge on any atom is 0.221 e. The molecule has 28 heavy (non-hydrogen) atoms. The van der Waals surface area contributed by atoms with Crippen LogP contribution in [0.4, 0.5) is 21.5 Å². The van der Waals surface area contributed by atoms with E-state index in [-0.39, 0.29) is 17.3 Å². The van der Waals surface area contributed by atoms with E-state index in [9.17, 15) is 9.18 Å². The third-order valence-electron chi connectivity index (χ3n) is 5.36. The average molecular weight is 381 g/mol. The van der Waals surface area contributed by atoms with Crippen LogP contribution in [0.2, 0.25) is 0 Å². The molecule has 0 bridgehead atoms. The average Bonchev–Trinajstić information content (AvgIpc) is 2.60. The molecule has 1 unspecified atom stereocenters. The molecule has 1 atom stereocenters. The Hall–Kier alpha value is -2.69. The fraction of sp³-hybridized carbons (Fsp3) is 0.391. The number of amides is 1. The van der Waals surface area contributed by atoms with Gasteiger partial charge < -0.3 is 10.2 Å². The molecule has 1 amide bonds. The van der Waals surface area contributed by atoms with Gasteiger partial charge in [-0.15, -0.1) is 0 Å². The van der Waals surface area contributed by atoms with Crippen LogP contribution < -0.4 is 10.2 Å².